The molecule has 21 heavy (non-hydrogen) atoms. The van der Waals surface area contributed by atoms with Gasteiger partial charge in [-0.15, -0.1) is 0 Å². The zero-order valence-corrected chi connectivity index (χ0v) is 12.6. The minimum atomic E-state index is -0.297. The minimum Gasteiger partial charge on any atom is -0.299 e. The molecule has 2 unspecified atom stereocenters. The summed E-state index contributed by atoms with van der Waals surface area (Å²) in [7, 11) is 0. The van der Waals surface area contributed by atoms with Crippen molar-refractivity contribution in [1.29, 1.82) is 0 Å². The molecule has 2 fully saturated rings. The van der Waals surface area contributed by atoms with Crippen LogP contribution in [0.1, 0.15) is 36.5 Å². The Hall–Kier alpha value is -1.26. The van der Waals surface area contributed by atoms with Gasteiger partial charge in [0.05, 0.1) is 6.04 Å². The van der Waals surface area contributed by atoms with Crippen LogP contribution in [0.3, 0.4) is 0 Å². The van der Waals surface area contributed by atoms with Crippen LogP contribution in [0.15, 0.2) is 24.3 Å². The molecular formula is C17H23FN2O. The molecule has 2 heterocycles. The highest BCUT2D eigenvalue weighted by molar-refractivity contribution is 5.99. The van der Waals surface area contributed by atoms with Crippen LogP contribution in [0.2, 0.25) is 0 Å². The Balaban J connectivity index is 1.61. The van der Waals surface area contributed by atoms with E-state index in [1.807, 2.05) is 6.92 Å². The van der Waals surface area contributed by atoms with E-state index in [0.717, 1.165) is 19.5 Å². The number of benzene rings is 1. The van der Waals surface area contributed by atoms with Gasteiger partial charge in [-0.3, -0.25) is 14.6 Å². The lowest BCUT2D eigenvalue weighted by molar-refractivity contribution is 0.0857. The third-order valence-corrected chi connectivity index (χ3v) is 4.91. The monoisotopic (exact) mass is 290 g/mol. The second-order valence-electron chi connectivity index (χ2n) is 6.23. The number of Topliss-reactive ketones (excluding diaryl/α,β-unsaturated/α-hetero) is 1. The van der Waals surface area contributed by atoms with Gasteiger partial charge in [-0.25, -0.2) is 4.39 Å². The Morgan fingerprint density at radius 2 is 1.86 bits per heavy atom. The van der Waals surface area contributed by atoms with Crippen LogP contribution in [-0.4, -0.2) is 53.8 Å². The molecule has 4 heteroatoms. The Morgan fingerprint density at radius 3 is 2.52 bits per heavy atom. The molecule has 3 nitrogen and oxygen atoms in total. The lowest BCUT2D eigenvalue weighted by Gasteiger charge is -2.26. The van der Waals surface area contributed by atoms with Crippen molar-refractivity contribution in [2.75, 3.05) is 26.2 Å². The highest BCUT2D eigenvalue weighted by Gasteiger charge is 2.33. The molecule has 0 aliphatic carbocycles. The quantitative estimate of drug-likeness (QED) is 0.796. The molecule has 2 aliphatic rings. The third kappa shape index (κ3) is 3.16. The molecule has 1 aromatic rings. The topological polar surface area (TPSA) is 23.6 Å². The number of carbonyl (C=O) groups excluding carboxylic acids is 1. The van der Waals surface area contributed by atoms with Crippen LogP contribution in [-0.2, 0) is 0 Å². The summed E-state index contributed by atoms with van der Waals surface area (Å²) >= 11 is 0. The molecule has 0 radical (unpaired) electrons. The summed E-state index contributed by atoms with van der Waals surface area (Å²) in [6, 6.07) is 6.37. The predicted molar refractivity (Wildman–Crippen MR) is 81.0 cm³/mol. The van der Waals surface area contributed by atoms with E-state index >= 15 is 0 Å². The average Bonchev–Trinajstić information content (AvgIpc) is 3.17. The number of hydrogen-bond acceptors (Lipinski definition) is 3. The van der Waals surface area contributed by atoms with Gasteiger partial charge >= 0.3 is 0 Å². The van der Waals surface area contributed by atoms with Crippen molar-refractivity contribution >= 4 is 5.78 Å². The molecule has 0 N–H and O–H groups in total. The third-order valence-electron chi connectivity index (χ3n) is 4.91. The fraction of sp³-hybridized carbons (Fsp3) is 0.588. The summed E-state index contributed by atoms with van der Waals surface area (Å²) in [5.74, 6) is -0.202. The number of nitrogens with zero attached hydrogens (tertiary/aromatic N) is 2. The van der Waals surface area contributed by atoms with Crippen LogP contribution < -0.4 is 0 Å². The molecule has 0 aromatic heterocycles. The molecule has 0 spiro atoms. The minimum absolute atomic E-state index is 0.0945. The largest absolute Gasteiger partial charge is 0.299 e. The second kappa shape index (κ2) is 6.24. The van der Waals surface area contributed by atoms with E-state index < -0.39 is 0 Å². The molecule has 2 atom stereocenters. The molecule has 3 rings (SSSR count). The van der Waals surface area contributed by atoms with Crippen LogP contribution in [0.4, 0.5) is 4.39 Å². The second-order valence-corrected chi connectivity index (χ2v) is 6.23. The van der Waals surface area contributed by atoms with Gasteiger partial charge in [0.1, 0.15) is 5.82 Å². The van der Waals surface area contributed by atoms with Crippen molar-refractivity contribution in [2.24, 2.45) is 0 Å². The maximum Gasteiger partial charge on any atom is 0.179 e. The van der Waals surface area contributed by atoms with Crippen molar-refractivity contribution in [3.63, 3.8) is 0 Å². The summed E-state index contributed by atoms with van der Waals surface area (Å²) in [5, 5.41) is 0. The Labute approximate surface area is 125 Å². The highest BCUT2D eigenvalue weighted by Crippen LogP contribution is 2.23. The van der Waals surface area contributed by atoms with Crippen molar-refractivity contribution < 1.29 is 9.18 Å². The predicted octanol–water partition coefficient (Wildman–Crippen LogP) is 2.57. The van der Waals surface area contributed by atoms with Crippen LogP contribution in [0.5, 0.6) is 0 Å². The van der Waals surface area contributed by atoms with Crippen LogP contribution in [0.25, 0.3) is 0 Å². The molecule has 0 amide bonds. The fourth-order valence-corrected chi connectivity index (χ4v) is 3.55. The van der Waals surface area contributed by atoms with Gasteiger partial charge < -0.3 is 0 Å². The number of hydrogen-bond donors (Lipinski definition) is 0. The average molecular weight is 290 g/mol. The molecule has 114 valence electrons. The van der Waals surface area contributed by atoms with E-state index in [1.54, 1.807) is 12.1 Å². The first-order chi connectivity index (χ1) is 10.1. The van der Waals surface area contributed by atoms with E-state index in [2.05, 4.69) is 9.80 Å². The van der Waals surface area contributed by atoms with E-state index in [4.69, 9.17) is 0 Å². The summed E-state index contributed by atoms with van der Waals surface area (Å²) in [5.41, 5.74) is 0.605. The van der Waals surface area contributed by atoms with Crippen molar-refractivity contribution in [3.05, 3.63) is 35.6 Å². The Kier molecular flexibility index (Phi) is 4.36. The van der Waals surface area contributed by atoms with E-state index in [9.17, 15) is 9.18 Å². The van der Waals surface area contributed by atoms with Crippen molar-refractivity contribution in [2.45, 2.75) is 38.3 Å². The van der Waals surface area contributed by atoms with Crippen LogP contribution >= 0.6 is 0 Å². The van der Waals surface area contributed by atoms with Gasteiger partial charge in [0.2, 0.25) is 0 Å². The maximum atomic E-state index is 12.9. The first kappa shape index (κ1) is 14.7. The maximum absolute atomic E-state index is 12.9. The fourth-order valence-electron chi connectivity index (χ4n) is 3.55. The first-order valence-electron chi connectivity index (χ1n) is 7.93. The summed E-state index contributed by atoms with van der Waals surface area (Å²) in [4.78, 5) is 17.3. The van der Waals surface area contributed by atoms with Gasteiger partial charge in [-0.1, -0.05) is 0 Å². The highest BCUT2D eigenvalue weighted by atomic mass is 19.1. The first-order valence-corrected chi connectivity index (χ1v) is 7.93. The lowest BCUT2D eigenvalue weighted by Crippen LogP contribution is -2.41. The van der Waals surface area contributed by atoms with E-state index in [1.165, 1.54) is 38.1 Å². The van der Waals surface area contributed by atoms with Gasteiger partial charge in [0.25, 0.3) is 0 Å². The van der Waals surface area contributed by atoms with Gasteiger partial charge in [-0.05, 0) is 63.5 Å². The SMILES string of the molecule is CC(C(=O)c1ccc(F)cc1)N1CCC(N2CCCC2)C1. The van der Waals surface area contributed by atoms with Gasteiger partial charge in [0, 0.05) is 24.7 Å². The molecule has 0 bridgehead atoms. The number of rotatable bonds is 4. The molecule has 2 aliphatic heterocycles. The summed E-state index contributed by atoms with van der Waals surface area (Å²) in [6.07, 6.45) is 3.77. The smallest absolute Gasteiger partial charge is 0.179 e. The zero-order chi connectivity index (χ0) is 14.8. The van der Waals surface area contributed by atoms with Gasteiger partial charge in [0.15, 0.2) is 5.78 Å². The van der Waals surface area contributed by atoms with Crippen molar-refractivity contribution in [3.8, 4) is 0 Å². The van der Waals surface area contributed by atoms with E-state index in [-0.39, 0.29) is 17.6 Å². The number of likely N-dealkylation sites (tertiary alicyclic amines) is 2. The molecule has 2 saturated heterocycles. The number of carbonyl (C=O) groups is 1. The normalized spacial score (nSPS) is 25.3. The molecule has 0 saturated carbocycles. The standard InChI is InChI=1S/C17H23FN2O/c1-13(17(21)14-4-6-15(18)7-5-14)20-11-8-16(12-20)19-9-2-3-10-19/h4-7,13,16H,2-3,8-12H2,1H3. The number of halogens is 1. The Bertz CT molecular complexity index is 496. The molecule has 1 aromatic carbocycles. The zero-order valence-electron chi connectivity index (χ0n) is 12.6. The Morgan fingerprint density at radius 1 is 1.19 bits per heavy atom. The van der Waals surface area contributed by atoms with Crippen molar-refractivity contribution in [1.82, 2.24) is 9.80 Å². The summed E-state index contributed by atoms with van der Waals surface area (Å²) in [6.45, 7) is 6.35. The van der Waals surface area contributed by atoms with Gasteiger partial charge in [-0.2, -0.15) is 0 Å². The summed E-state index contributed by atoms with van der Waals surface area (Å²) < 4.78 is 12.9. The van der Waals surface area contributed by atoms with E-state index in [0.29, 0.717) is 11.6 Å². The molecular weight excluding hydrogens is 267 g/mol. The van der Waals surface area contributed by atoms with Crippen LogP contribution in [0, 0.1) is 5.82 Å². The number of ketones is 1. The lowest BCUT2D eigenvalue weighted by atomic mass is 10.0.